The molecule has 0 radical (unpaired) electrons. The SMILES string of the molecule is COCCS(=O)(=O)N[C@H](C)CCC(C)C. The number of ether oxygens (including phenoxy) is 1. The standard InChI is InChI=1S/C10H23NO3S/c1-9(2)5-6-10(3)11-15(12,13)8-7-14-4/h9-11H,5-8H2,1-4H3/t10-/m1/s1. The molecule has 4 nitrogen and oxygen atoms in total. The van der Waals surface area contributed by atoms with Crippen LogP contribution in [0, 0.1) is 5.92 Å². The van der Waals surface area contributed by atoms with Crippen LogP contribution in [-0.4, -0.2) is 33.9 Å². The Morgan fingerprint density at radius 2 is 1.80 bits per heavy atom. The molecular weight excluding hydrogens is 214 g/mol. The second kappa shape index (κ2) is 7.19. The highest BCUT2D eigenvalue weighted by Gasteiger charge is 2.14. The van der Waals surface area contributed by atoms with E-state index in [9.17, 15) is 8.42 Å². The van der Waals surface area contributed by atoms with Crippen LogP contribution in [0.1, 0.15) is 33.6 Å². The minimum atomic E-state index is -3.17. The molecule has 0 heterocycles. The zero-order valence-corrected chi connectivity index (χ0v) is 10.9. The van der Waals surface area contributed by atoms with Crippen molar-refractivity contribution >= 4 is 10.0 Å². The second-order valence-corrected chi connectivity index (χ2v) is 6.18. The monoisotopic (exact) mass is 237 g/mol. The summed E-state index contributed by atoms with van der Waals surface area (Å²) in [4.78, 5) is 0. The summed E-state index contributed by atoms with van der Waals surface area (Å²) in [5, 5.41) is 0. The van der Waals surface area contributed by atoms with Gasteiger partial charge in [0, 0.05) is 13.2 Å². The highest BCUT2D eigenvalue weighted by atomic mass is 32.2. The first-order chi connectivity index (χ1) is 6.87. The molecule has 0 amide bonds. The van der Waals surface area contributed by atoms with Gasteiger partial charge in [0.1, 0.15) is 0 Å². The third kappa shape index (κ3) is 8.84. The molecular formula is C10H23NO3S. The van der Waals surface area contributed by atoms with Gasteiger partial charge in [0.2, 0.25) is 10.0 Å². The van der Waals surface area contributed by atoms with Gasteiger partial charge in [0.15, 0.2) is 0 Å². The van der Waals surface area contributed by atoms with Crippen LogP contribution in [-0.2, 0) is 14.8 Å². The fourth-order valence-electron chi connectivity index (χ4n) is 1.20. The molecule has 1 N–H and O–H groups in total. The van der Waals surface area contributed by atoms with Crippen LogP contribution in [0.15, 0.2) is 0 Å². The Morgan fingerprint density at radius 3 is 2.27 bits per heavy atom. The lowest BCUT2D eigenvalue weighted by Gasteiger charge is -2.14. The van der Waals surface area contributed by atoms with Crippen molar-refractivity contribution in [3.63, 3.8) is 0 Å². The molecule has 0 rings (SSSR count). The molecule has 92 valence electrons. The van der Waals surface area contributed by atoms with Crippen molar-refractivity contribution < 1.29 is 13.2 Å². The quantitative estimate of drug-likeness (QED) is 0.694. The first-order valence-corrected chi connectivity index (χ1v) is 7.01. The van der Waals surface area contributed by atoms with Gasteiger partial charge in [0.25, 0.3) is 0 Å². The van der Waals surface area contributed by atoms with Gasteiger partial charge >= 0.3 is 0 Å². The fraction of sp³-hybridized carbons (Fsp3) is 1.00. The Hall–Kier alpha value is -0.130. The average Bonchev–Trinajstić information content (AvgIpc) is 2.11. The normalized spacial score (nSPS) is 14.5. The fourth-order valence-corrected chi connectivity index (χ4v) is 2.44. The van der Waals surface area contributed by atoms with Crippen molar-refractivity contribution in [3.05, 3.63) is 0 Å². The molecule has 0 saturated heterocycles. The van der Waals surface area contributed by atoms with Crippen molar-refractivity contribution in [3.8, 4) is 0 Å². The molecule has 0 aliphatic rings. The first kappa shape index (κ1) is 14.9. The number of hydrogen-bond acceptors (Lipinski definition) is 3. The molecule has 0 saturated carbocycles. The predicted molar refractivity (Wildman–Crippen MR) is 62.3 cm³/mol. The van der Waals surface area contributed by atoms with Gasteiger partial charge < -0.3 is 4.74 Å². The third-order valence-corrected chi connectivity index (χ3v) is 3.58. The van der Waals surface area contributed by atoms with E-state index in [1.54, 1.807) is 0 Å². The Labute approximate surface area is 93.4 Å². The van der Waals surface area contributed by atoms with E-state index in [2.05, 4.69) is 18.6 Å². The summed E-state index contributed by atoms with van der Waals surface area (Å²) >= 11 is 0. The van der Waals surface area contributed by atoms with E-state index in [0.29, 0.717) is 5.92 Å². The summed E-state index contributed by atoms with van der Waals surface area (Å²) in [5.74, 6) is 0.645. The van der Waals surface area contributed by atoms with Gasteiger partial charge in [-0.05, 0) is 25.7 Å². The van der Waals surface area contributed by atoms with Gasteiger partial charge in [-0.15, -0.1) is 0 Å². The number of rotatable bonds is 8. The number of sulfonamides is 1. The average molecular weight is 237 g/mol. The van der Waals surface area contributed by atoms with E-state index < -0.39 is 10.0 Å². The lowest BCUT2D eigenvalue weighted by atomic mass is 10.1. The predicted octanol–water partition coefficient (Wildman–Crippen LogP) is 1.38. The van der Waals surface area contributed by atoms with E-state index >= 15 is 0 Å². The molecule has 0 aliphatic heterocycles. The molecule has 15 heavy (non-hydrogen) atoms. The maximum atomic E-state index is 11.5. The van der Waals surface area contributed by atoms with E-state index in [1.165, 1.54) is 7.11 Å². The highest BCUT2D eigenvalue weighted by Crippen LogP contribution is 2.07. The molecule has 0 aromatic heterocycles. The van der Waals surface area contributed by atoms with E-state index in [0.717, 1.165) is 12.8 Å². The van der Waals surface area contributed by atoms with Crippen molar-refractivity contribution in [1.82, 2.24) is 4.72 Å². The van der Waals surface area contributed by atoms with Crippen LogP contribution in [0.3, 0.4) is 0 Å². The molecule has 0 aromatic carbocycles. The highest BCUT2D eigenvalue weighted by molar-refractivity contribution is 7.89. The van der Waals surface area contributed by atoms with Crippen LogP contribution < -0.4 is 4.72 Å². The Kier molecular flexibility index (Phi) is 7.13. The number of hydrogen-bond donors (Lipinski definition) is 1. The van der Waals surface area contributed by atoms with Gasteiger partial charge in [-0.1, -0.05) is 13.8 Å². The Balaban J connectivity index is 3.88. The number of methoxy groups -OCH3 is 1. The van der Waals surface area contributed by atoms with Crippen LogP contribution in [0.5, 0.6) is 0 Å². The van der Waals surface area contributed by atoms with Crippen molar-refractivity contribution in [2.45, 2.75) is 39.7 Å². The van der Waals surface area contributed by atoms with E-state index in [1.807, 2.05) is 6.92 Å². The summed E-state index contributed by atoms with van der Waals surface area (Å²) in [7, 11) is -1.67. The third-order valence-electron chi connectivity index (χ3n) is 2.11. The minimum Gasteiger partial charge on any atom is -0.384 e. The molecule has 0 spiro atoms. The van der Waals surface area contributed by atoms with Crippen molar-refractivity contribution in [2.24, 2.45) is 5.92 Å². The lowest BCUT2D eigenvalue weighted by molar-refractivity contribution is 0.216. The minimum absolute atomic E-state index is 0.00857. The summed E-state index contributed by atoms with van der Waals surface area (Å²) in [5.41, 5.74) is 0. The topological polar surface area (TPSA) is 55.4 Å². The zero-order chi connectivity index (χ0) is 11.9. The molecule has 5 heteroatoms. The number of nitrogens with one attached hydrogen (secondary N) is 1. The largest absolute Gasteiger partial charge is 0.384 e. The summed E-state index contributed by atoms with van der Waals surface area (Å²) in [6.45, 7) is 6.40. The maximum absolute atomic E-state index is 11.5. The first-order valence-electron chi connectivity index (χ1n) is 5.36. The molecule has 1 atom stereocenters. The molecule has 0 bridgehead atoms. The second-order valence-electron chi connectivity index (χ2n) is 4.30. The molecule has 0 fully saturated rings. The van der Waals surface area contributed by atoms with Crippen LogP contribution in [0.2, 0.25) is 0 Å². The maximum Gasteiger partial charge on any atom is 0.214 e. The zero-order valence-electron chi connectivity index (χ0n) is 10.1. The van der Waals surface area contributed by atoms with Gasteiger partial charge in [-0.3, -0.25) is 0 Å². The van der Waals surface area contributed by atoms with Crippen LogP contribution in [0.25, 0.3) is 0 Å². The van der Waals surface area contributed by atoms with E-state index in [4.69, 9.17) is 4.74 Å². The van der Waals surface area contributed by atoms with Gasteiger partial charge in [-0.2, -0.15) is 0 Å². The van der Waals surface area contributed by atoms with E-state index in [-0.39, 0.29) is 18.4 Å². The lowest BCUT2D eigenvalue weighted by Crippen LogP contribution is -2.35. The Morgan fingerprint density at radius 1 is 1.20 bits per heavy atom. The molecule has 0 unspecified atom stereocenters. The smallest absolute Gasteiger partial charge is 0.214 e. The van der Waals surface area contributed by atoms with Crippen molar-refractivity contribution in [1.29, 1.82) is 0 Å². The van der Waals surface area contributed by atoms with Gasteiger partial charge in [-0.25, -0.2) is 13.1 Å². The van der Waals surface area contributed by atoms with Crippen molar-refractivity contribution in [2.75, 3.05) is 19.5 Å². The van der Waals surface area contributed by atoms with Crippen LogP contribution >= 0.6 is 0 Å². The molecule has 0 aromatic rings. The summed E-state index contributed by atoms with van der Waals surface area (Å²) in [6.07, 6.45) is 1.91. The van der Waals surface area contributed by atoms with Crippen LogP contribution in [0.4, 0.5) is 0 Å². The Bertz CT molecular complexity index is 249. The summed E-state index contributed by atoms with van der Waals surface area (Å²) < 4.78 is 30.3. The molecule has 0 aliphatic carbocycles. The summed E-state index contributed by atoms with van der Waals surface area (Å²) in [6, 6.07) is 0.00857. The van der Waals surface area contributed by atoms with Gasteiger partial charge in [0.05, 0.1) is 12.4 Å².